The summed E-state index contributed by atoms with van der Waals surface area (Å²) in [5.74, 6) is 0.143. The van der Waals surface area contributed by atoms with Crippen LogP contribution in [0, 0.1) is 0 Å². The molecule has 3 rings (SSSR count). The van der Waals surface area contributed by atoms with Gasteiger partial charge in [-0.2, -0.15) is 4.31 Å². The maximum Gasteiger partial charge on any atom is 0.272 e. The van der Waals surface area contributed by atoms with Crippen molar-refractivity contribution in [3.05, 3.63) is 42.2 Å². The van der Waals surface area contributed by atoms with Crippen LogP contribution in [0.25, 0.3) is 0 Å². The molecule has 7 nitrogen and oxygen atoms in total. The van der Waals surface area contributed by atoms with Gasteiger partial charge in [0.05, 0.1) is 12.8 Å². The number of ether oxygens (including phenoxy) is 1. The van der Waals surface area contributed by atoms with E-state index in [9.17, 15) is 13.2 Å². The van der Waals surface area contributed by atoms with Crippen molar-refractivity contribution in [1.29, 1.82) is 0 Å². The SMILES string of the molecule is COc1ccccc1NC(=O)c1cc(S(=O)(=O)N2CCCC2)cn1C. The molecule has 0 bridgehead atoms. The summed E-state index contributed by atoms with van der Waals surface area (Å²) in [7, 11) is -0.377. The highest BCUT2D eigenvalue weighted by Gasteiger charge is 2.29. The van der Waals surface area contributed by atoms with Crippen LogP contribution in [0.2, 0.25) is 0 Å². The molecular weight excluding hydrogens is 342 g/mol. The van der Waals surface area contributed by atoms with Crippen molar-refractivity contribution >= 4 is 21.6 Å². The van der Waals surface area contributed by atoms with Crippen LogP contribution in [0.15, 0.2) is 41.4 Å². The van der Waals surface area contributed by atoms with Gasteiger partial charge < -0.3 is 14.6 Å². The highest BCUT2D eigenvalue weighted by molar-refractivity contribution is 7.89. The van der Waals surface area contributed by atoms with Crippen LogP contribution in [0.1, 0.15) is 23.3 Å². The number of nitrogens with one attached hydrogen (secondary N) is 1. The normalized spacial score (nSPS) is 15.3. The van der Waals surface area contributed by atoms with Crippen LogP contribution in [0.3, 0.4) is 0 Å². The van der Waals surface area contributed by atoms with E-state index in [1.54, 1.807) is 31.3 Å². The quantitative estimate of drug-likeness (QED) is 0.882. The summed E-state index contributed by atoms with van der Waals surface area (Å²) < 4.78 is 33.5. The zero-order chi connectivity index (χ0) is 18.0. The van der Waals surface area contributed by atoms with E-state index in [2.05, 4.69) is 5.32 Å². The predicted molar refractivity (Wildman–Crippen MR) is 94.4 cm³/mol. The standard InChI is InChI=1S/C17H21N3O4S/c1-19-12-13(25(22,23)20-9-5-6-10-20)11-15(19)17(21)18-14-7-3-4-8-16(14)24-2/h3-4,7-8,11-12H,5-6,9-10H2,1-2H3,(H,18,21). The summed E-state index contributed by atoms with van der Waals surface area (Å²) in [6.07, 6.45) is 3.21. The molecule has 1 aliphatic rings. The van der Waals surface area contributed by atoms with Gasteiger partial charge in [0.25, 0.3) is 5.91 Å². The number of anilines is 1. The lowest BCUT2D eigenvalue weighted by atomic mass is 10.3. The monoisotopic (exact) mass is 363 g/mol. The van der Waals surface area contributed by atoms with Gasteiger partial charge in [-0.15, -0.1) is 0 Å². The number of benzene rings is 1. The Kier molecular flexibility index (Phi) is 4.82. The van der Waals surface area contributed by atoms with Gasteiger partial charge in [-0.25, -0.2) is 8.42 Å². The fraction of sp³-hybridized carbons (Fsp3) is 0.353. The summed E-state index contributed by atoms with van der Waals surface area (Å²) in [5.41, 5.74) is 0.795. The third kappa shape index (κ3) is 3.40. The highest BCUT2D eigenvalue weighted by atomic mass is 32.2. The highest BCUT2D eigenvalue weighted by Crippen LogP contribution is 2.25. The first-order valence-electron chi connectivity index (χ1n) is 8.04. The maximum absolute atomic E-state index is 12.6. The first kappa shape index (κ1) is 17.5. The third-order valence-electron chi connectivity index (χ3n) is 4.27. The molecule has 2 aromatic rings. The zero-order valence-corrected chi connectivity index (χ0v) is 15.0. The minimum absolute atomic E-state index is 0.141. The summed E-state index contributed by atoms with van der Waals surface area (Å²) in [6.45, 7) is 1.06. The topological polar surface area (TPSA) is 80.6 Å². The molecule has 25 heavy (non-hydrogen) atoms. The average molecular weight is 363 g/mol. The first-order valence-corrected chi connectivity index (χ1v) is 9.48. The number of hydrogen-bond donors (Lipinski definition) is 1. The second-order valence-corrected chi connectivity index (χ2v) is 7.88. The number of hydrogen-bond acceptors (Lipinski definition) is 4. The van der Waals surface area contributed by atoms with Crippen LogP contribution in [-0.4, -0.2) is 43.4 Å². The number of carbonyl (C=O) groups is 1. The molecule has 1 amide bonds. The lowest BCUT2D eigenvalue weighted by Gasteiger charge is -2.13. The molecular formula is C17H21N3O4S. The van der Waals surface area contributed by atoms with Gasteiger partial charge in [0.1, 0.15) is 16.3 Å². The molecule has 0 aliphatic carbocycles. The number of nitrogens with zero attached hydrogens (tertiary/aromatic N) is 2. The molecule has 1 aromatic heterocycles. The van der Waals surface area contributed by atoms with Crippen molar-refractivity contribution in [2.24, 2.45) is 7.05 Å². The minimum atomic E-state index is -3.55. The fourth-order valence-electron chi connectivity index (χ4n) is 2.91. The number of para-hydroxylation sites is 2. The lowest BCUT2D eigenvalue weighted by molar-refractivity contribution is 0.101. The number of aromatic nitrogens is 1. The second-order valence-electron chi connectivity index (χ2n) is 5.94. The van der Waals surface area contributed by atoms with Gasteiger partial charge >= 0.3 is 0 Å². The van der Waals surface area contributed by atoms with Crippen molar-refractivity contribution < 1.29 is 17.9 Å². The van der Waals surface area contributed by atoms with E-state index in [1.807, 2.05) is 0 Å². The van der Waals surface area contributed by atoms with E-state index in [0.717, 1.165) is 12.8 Å². The van der Waals surface area contributed by atoms with Gasteiger partial charge in [-0.3, -0.25) is 4.79 Å². The summed E-state index contributed by atoms with van der Waals surface area (Å²) in [6, 6.07) is 8.47. The largest absolute Gasteiger partial charge is 0.495 e. The maximum atomic E-state index is 12.6. The number of amides is 1. The van der Waals surface area contributed by atoms with Crippen LogP contribution in [0.4, 0.5) is 5.69 Å². The molecule has 1 aromatic carbocycles. The number of methoxy groups -OCH3 is 1. The van der Waals surface area contributed by atoms with E-state index in [0.29, 0.717) is 24.5 Å². The first-order chi connectivity index (χ1) is 11.9. The van der Waals surface area contributed by atoms with Crippen LogP contribution >= 0.6 is 0 Å². The van der Waals surface area contributed by atoms with E-state index in [-0.39, 0.29) is 10.6 Å². The molecule has 1 aliphatic heterocycles. The smallest absolute Gasteiger partial charge is 0.272 e. The van der Waals surface area contributed by atoms with Gasteiger partial charge in [0.2, 0.25) is 10.0 Å². The van der Waals surface area contributed by atoms with E-state index >= 15 is 0 Å². The Morgan fingerprint density at radius 3 is 2.56 bits per heavy atom. The number of carbonyl (C=O) groups excluding carboxylic acids is 1. The Balaban J connectivity index is 1.86. The van der Waals surface area contributed by atoms with E-state index in [4.69, 9.17) is 4.74 Å². The van der Waals surface area contributed by atoms with Gasteiger partial charge in [0.15, 0.2) is 0 Å². The Hall–Kier alpha value is -2.32. The van der Waals surface area contributed by atoms with E-state index < -0.39 is 15.9 Å². The van der Waals surface area contributed by atoms with Crippen molar-refractivity contribution in [3.8, 4) is 5.75 Å². The molecule has 1 saturated heterocycles. The molecule has 0 saturated carbocycles. The van der Waals surface area contributed by atoms with Crippen LogP contribution in [-0.2, 0) is 17.1 Å². The molecule has 0 radical (unpaired) electrons. The number of aryl methyl sites for hydroxylation is 1. The molecule has 1 N–H and O–H groups in total. The molecule has 1 fully saturated rings. The second kappa shape index (κ2) is 6.89. The Morgan fingerprint density at radius 1 is 1.20 bits per heavy atom. The summed E-state index contributed by atoms with van der Waals surface area (Å²) in [5, 5.41) is 2.76. The molecule has 0 unspecified atom stereocenters. The average Bonchev–Trinajstić information content (AvgIpc) is 3.25. The van der Waals surface area contributed by atoms with Crippen molar-refractivity contribution in [3.63, 3.8) is 0 Å². The Bertz CT molecular complexity index is 883. The van der Waals surface area contributed by atoms with Crippen molar-refractivity contribution in [2.45, 2.75) is 17.7 Å². The number of sulfonamides is 1. The number of rotatable bonds is 5. The minimum Gasteiger partial charge on any atom is -0.495 e. The lowest BCUT2D eigenvalue weighted by Crippen LogP contribution is -2.27. The van der Waals surface area contributed by atoms with Crippen LogP contribution in [0.5, 0.6) is 5.75 Å². The van der Waals surface area contributed by atoms with E-state index in [1.165, 1.54) is 28.2 Å². The molecule has 134 valence electrons. The van der Waals surface area contributed by atoms with Gasteiger partial charge in [-0.1, -0.05) is 12.1 Å². The molecule has 2 heterocycles. The van der Waals surface area contributed by atoms with Crippen molar-refractivity contribution in [1.82, 2.24) is 8.87 Å². The summed E-state index contributed by atoms with van der Waals surface area (Å²) in [4.78, 5) is 12.7. The van der Waals surface area contributed by atoms with Gasteiger partial charge in [0, 0.05) is 26.3 Å². The predicted octanol–water partition coefficient (Wildman–Crippen LogP) is 2.07. The molecule has 0 spiro atoms. The Labute approximate surface area is 147 Å². The van der Waals surface area contributed by atoms with Crippen molar-refractivity contribution in [2.75, 3.05) is 25.5 Å². The van der Waals surface area contributed by atoms with Crippen LogP contribution < -0.4 is 10.1 Å². The Morgan fingerprint density at radius 2 is 1.88 bits per heavy atom. The zero-order valence-electron chi connectivity index (χ0n) is 14.2. The molecule has 8 heteroatoms. The fourth-order valence-corrected chi connectivity index (χ4v) is 4.50. The third-order valence-corrected chi connectivity index (χ3v) is 6.13. The summed E-state index contributed by atoms with van der Waals surface area (Å²) >= 11 is 0. The molecule has 0 atom stereocenters. The van der Waals surface area contributed by atoms with Gasteiger partial charge in [-0.05, 0) is 31.0 Å².